The SMILES string of the molecule is CC(C)N(C)CCCNC(=O)c1cccnc1Br. The Labute approximate surface area is 117 Å². The first-order valence-corrected chi connectivity index (χ1v) is 6.90. The lowest BCUT2D eigenvalue weighted by molar-refractivity contribution is 0.0950. The number of carbonyl (C=O) groups excluding carboxylic acids is 1. The predicted octanol–water partition coefficient (Wildman–Crippen LogP) is 2.30. The van der Waals surface area contributed by atoms with Crippen molar-refractivity contribution in [1.29, 1.82) is 0 Å². The maximum Gasteiger partial charge on any atom is 0.254 e. The first-order chi connectivity index (χ1) is 8.52. The molecule has 0 atom stereocenters. The lowest BCUT2D eigenvalue weighted by atomic mass is 10.2. The van der Waals surface area contributed by atoms with Crippen molar-refractivity contribution in [2.75, 3.05) is 20.1 Å². The van der Waals surface area contributed by atoms with E-state index in [1.165, 1.54) is 0 Å². The Hall–Kier alpha value is -0.940. The largest absolute Gasteiger partial charge is 0.352 e. The second-order valence-corrected chi connectivity index (χ2v) is 5.28. The Morgan fingerprint density at radius 1 is 1.56 bits per heavy atom. The van der Waals surface area contributed by atoms with E-state index in [0.717, 1.165) is 13.0 Å². The van der Waals surface area contributed by atoms with Crippen molar-refractivity contribution in [3.63, 3.8) is 0 Å². The third-order valence-corrected chi connectivity index (χ3v) is 3.49. The third-order valence-electron chi connectivity index (χ3n) is 2.86. The molecule has 5 heteroatoms. The van der Waals surface area contributed by atoms with E-state index in [4.69, 9.17) is 0 Å². The molecule has 0 aliphatic carbocycles. The van der Waals surface area contributed by atoms with Gasteiger partial charge in [-0.25, -0.2) is 4.98 Å². The molecule has 100 valence electrons. The molecule has 0 saturated carbocycles. The third kappa shape index (κ3) is 4.74. The van der Waals surface area contributed by atoms with Crippen molar-refractivity contribution in [3.8, 4) is 0 Å². The van der Waals surface area contributed by atoms with Gasteiger partial charge in [-0.2, -0.15) is 0 Å². The first kappa shape index (κ1) is 15.1. The fourth-order valence-electron chi connectivity index (χ4n) is 1.44. The van der Waals surface area contributed by atoms with Crippen molar-refractivity contribution in [3.05, 3.63) is 28.5 Å². The molecule has 0 spiro atoms. The maximum atomic E-state index is 11.8. The molecule has 0 unspecified atom stereocenters. The molecule has 0 saturated heterocycles. The maximum absolute atomic E-state index is 11.8. The fraction of sp³-hybridized carbons (Fsp3) is 0.538. The van der Waals surface area contributed by atoms with Crippen LogP contribution in [0.5, 0.6) is 0 Å². The van der Waals surface area contributed by atoms with Crippen LogP contribution in [0.25, 0.3) is 0 Å². The smallest absolute Gasteiger partial charge is 0.254 e. The molecular weight excluding hydrogens is 294 g/mol. The van der Waals surface area contributed by atoms with Crippen LogP contribution in [0.15, 0.2) is 22.9 Å². The van der Waals surface area contributed by atoms with E-state index >= 15 is 0 Å². The van der Waals surface area contributed by atoms with Crippen molar-refractivity contribution in [2.45, 2.75) is 26.3 Å². The molecule has 0 aliphatic rings. The minimum Gasteiger partial charge on any atom is -0.352 e. The zero-order valence-electron chi connectivity index (χ0n) is 11.1. The number of hydrogen-bond acceptors (Lipinski definition) is 3. The quantitative estimate of drug-likeness (QED) is 0.647. The second kappa shape index (κ2) is 7.48. The number of rotatable bonds is 6. The van der Waals surface area contributed by atoms with Gasteiger partial charge in [-0.1, -0.05) is 0 Å². The van der Waals surface area contributed by atoms with Crippen LogP contribution in [0, 0.1) is 0 Å². The van der Waals surface area contributed by atoms with E-state index in [9.17, 15) is 4.79 Å². The summed E-state index contributed by atoms with van der Waals surface area (Å²) in [4.78, 5) is 18.1. The topological polar surface area (TPSA) is 45.2 Å². The van der Waals surface area contributed by atoms with Gasteiger partial charge >= 0.3 is 0 Å². The molecule has 1 rings (SSSR count). The summed E-state index contributed by atoms with van der Waals surface area (Å²) in [5.41, 5.74) is 0.578. The standard InChI is InChI=1S/C13H20BrN3O/c1-10(2)17(3)9-5-8-16-13(18)11-6-4-7-15-12(11)14/h4,6-7,10H,5,8-9H2,1-3H3,(H,16,18). The van der Waals surface area contributed by atoms with E-state index in [2.05, 4.69) is 52.0 Å². The zero-order valence-corrected chi connectivity index (χ0v) is 12.7. The van der Waals surface area contributed by atoms with Gasteiger partial charge in [0.2, 0.25) is 0 Å². The summed E-state index contributed by atoms with van der Waals surface area (Å²) in [7, 11) is 2.09. The zero-order chi connectivity index (χ0) is 13.5. The monoisotopic (exact) mass is 313 g/mol. The molecule has 0 radical (unpaired) electrons. The molecule has 0 aliphatic heterocycles. The Bertz CT molecular complexity index is 396. The molecule has 4 nitrogen and oxygen atoms in total. The first-order valence-electron chi connectivity index (χ1n) is 6.11. The summed E-state index contributed by atoms with van der Waals surface area (Å²) in [5.74, 6) is -0.0813. The lowest BCUT2D eigenvalue weighted by Gasteiger charge is -2.20. The number of nitrogens with one attached hydrogen (secondary N) is 1. The second-order valence-electron chi connectivity index (χ2n) is 4.53. The van der Waals surface area contributed by atoms with Crippen LogP contribution in [0.4, 0.5) is 0 Å². The van der Waals surface area contributed by atoms with Crippen molar-refractivity contribution in [1.82, 2.24) is 15.2 Å². The number of pyridine rings is 1. The van der Waals surface area contributed by atoms with Crippen LogP contribution in [0.3, 0.4) is 0 Å². The van der Waals surface area contributed by atoms with Gasteiger partial charge in [-0.15, -0.1) is 0 Å². The van der Waals surface area contributed by atoms with Crippen molar-refractivity contribution in [2.24, 2.45) is 0 Å². The number of halogens is 1. The van der Waals surface area contributed by atoms with Crippen LogP contribution >= 0.6 is 15.9 Å². The van der Waals surface area contributed by atoms with Crippen molar-refractivity contribution >= 4 is 21.8 Å². The molecule has 1 aromatic rings. The molecular formula is C13H20BrN3O. The number of carbonyl (C=O) groups is 1. The summed E-state index contributed by atoms with van der Waals surface area (Å²) in [6.45, 7) is 5.97. The van der Waals surface area contributed by atoms with Gasteiger partial charge in [-0.05, 0) is 61.9 Å². The molecule has 18 heavy (non-hydrogen) atoms. The summed E-state index contributed by atoms with van der Waals surface area (Å²) in [6.07, 6.45) is 2.59. The minimum atomic E-state index is -0.0813. The highest BCUT2D eigenvalue weighted by atomic mass is 79.9. The number of nitrogens with zero attached hydrogens (tertiary/aromatic N) is 2. The summed E-state index contributed by atoms with van der Waals surface area (Å²) >= 11 is 3.27. The van der Waals surface area contributed by atoms with E-state index in [1.807, 2.05) is 0 Å². The average molecular weight is 314 g/mol. The van der Waals surface area contributed by atoms with E-state index in [-0.39, 0.29) is 5.91 Å². The highest BCUT2D eigenvalue weighted by Crippen LogP contribution is 2.11. The van der Waals surface area contributed by atoms with E-state index in [0.29, 0.717) is 22.8 Å². The molecule has 0 fully saturated rings. The van der Waals surface area contributed by atoms with Gasteiger partial charge in [0.25, 0.3) is 5.91 Å². The number of aromatic nitrogens is 1. The van der Waals surface area contributed by atoms with Crippen LogP contribution in [-0.4, -0.2) is 42.0 Å². The highest BCUT2D eigenvalue weighted by Gasteiger charge is 2.09. The van der Waals surface area contributed by atoms with Gasteiger partial charge in [0.15, 0.2) is 0 Å². The molecule has 0 aromatic carbocycles. The van der Waals surface area contributed by atoms with E-state index < -0.39 is 0 Å². The van der Waals surface area contributed by atoms with Crippen LogP contribution in [0.2, 0.25) is 0 Å². The van der Waals surface area contributed by atoms with Gasteiger partial charge < -0.3 is 10.2 Å². The summed E-state index contributed by atoms with van der Waals surface area (Å²) in [6, 6.07) is 4.05. The molecule has 1 aromatic heterocycles. The highest BCUT2D eigenvalue weighted by molar-refractivity contribution is 9.10. The van der Waals surface area contributed by atoms with Crippen LogP contribution < -0.4 is 5.32 Å². The Balaban J connectivity index is 2.32. The molecule has 0 bridgehead atoms. The molecule has 1 heterocycles. The Kier molecular flexibility index (Phi) is 6.29. The van der Waals surface area contributed by atoms with Gasteiger partial charge in [0, 0.05) is 18.8 Å². The van der Waals surface area contributed by atoms with Gasteiger partial charge in [0.1, 0.15) is 4.60 Å². The lowest BCUT2D eigenvalue weighted by Crippen LogP contribution is -2.31. The predicted molar refractivity (Wildman–Crippen MR) is 76.7 cm³/mol. The Morgan fingerprint density at radius 3 is 2.89 bits per heavy atom. The average Bonchev–Trinajstić information content (AvgIpc) is 2.34. The van der Waals surface area contributed by atoms with E-state index in [1.54, 1.807) is 18.3 Å². The summed E-state index contributed by atoms with van der Waals surface area (Å²) < 4.78 is 0.585. The van der Waals surface area contributed by atoms with Gasteiger partial charge in [0.05, 0.1) is 5.56 Å². The molecule has 1 N–H and O–H groups in total. The summed E-state index contributed by atoms with van der Waals surface area (Å²) in [5, 5.41) is 2.90. The number of amides is 1. The van der Waals surface area contributed by atoms with Crippen molar-refractivity contribution < 1.29 is 4.79 Å². The normalized spacial score (nSPS) is 11.0. The number of hydrogen-bond donors (Lipinski definition) is 1. The fourth-order valence-corrected chi connectivity index (χ4v) is 1.87. The van der Waals surface area contributed by atoms with Gasteiger partial charge in [-0.3, -0.25) is 4.79 Å². The molecule has 1 amide bonds. The minimum absolute atomic E-state index is 0.0813. The Morgan fingerprint density at radius 2 is 2.28 bits per heavy atom. The van der Waals surface area contributed by atoms with Crippen LogP contribution in [0.1, 0.15) is 30.6 Å². The van der Waals surface area contributed by atoms with Crippen LogP contribution in [-0.2, 0) is 0 Å².